The minimum absolute atomic E-state index is 0.103. The number of carbonyl (C=O) groups excluding carboxylic acids is 1. The minimum Gasteiger partial charge on any atom is -0.490 e. The molecule has 2 rings (SSSR count). The number of amides is 1. The molecule has 2 aromatic rings. The zero-order valence-corrected chi connectivity index (χ0v) is 17.0. The summed E-state index contributed by atoms with van der Waals surface area (Å²) >= 11 is 1.62. The molecule has 0 saturated heterocycles. The van der Waals surface area contributed by atoms with Crippen molar-refractivity contribution < 1.29 is 19.0 Å². The van der Waals surface area contributed by atoms with E-state index in [2.05, 4.69) is 6.58 Å². The van der Waals surface area contributed by atoms with Crippen LogP contribution in [0.3, 0.4) is 0 Å². The fourth-order valence-corrected chi connectivity index (χ4v) is 3.38. The Morgan fingerprint density at radius 2 is 1.74 bits per heavy atom. The second-order valence-electron chi connectivity index (χ2n) is 5.65. The summed E-state index contributed by atoms with van der Waals surface area (Å²) in [6, 6.07) is 7.45. The zero-order chi connectivity index (χ0) is 19.6. The minimum atomic E-state index is -0.103. The number of thiophene rings is 1. The Hall–Kier alpha value is -2.47. The summed E-state index contributed by atoms with van der Waals surface area (Å²) in [5, 5.41) is 2.00. The topological polar surface area (TPSA) is 48.0 Å². The van der Waals surface area contributed by atoms with E-state index in [1.54, 1.807) is 34.4 Å². The molecule has 1 heterocycles. The van der Waals surface area contributed by atoms with Gasteiger partial charge >= 0.3 is 0 Å². The lowest BCUT2D eigenvalue weighted by molar-refractivity contribution is 0.0763. The lowest BCUT2D eigenvalue weighted by Crippen LogP contribution is -2.30. The van der Waals surface area contributed by atoms with E-state index in [0.717, 1.165) is 4.88 Å². The Labute approximate surface area is 165 Å². The second-order valence-corrected chi connectivity index (χ2v) is 6.69. The Balaban J connectivity index is 2.40. The molecular weight excluding hydrogens is 362 g/mol. The van der Waals surface area contributed by atoms with Gasteiger partial charge in [-0.05, 0) is 44.4 Å². The van der Waals surface area contributed by atoms with E-state index < -0.39 is 0 Å². The highest BCUT2D eigenvalue weighted by Gasteiger charge is 2.22. The van der Waals surface area contributed by atoms with Gasteiger partial charge in [-0.15, -0.1) is 17.9 Å². The Kier molecular flexibility index (Phi) is 8.20. The van der Waals surface area contributed by atoms with E-state index in [-0.39, 0.29) is 5.91 Å². The fraction of sp³-hybridized carbons (Fsp3) is 0.381. The first-order chi connectivity index (χ1) is 13.1. The first-order valence-electron chi connectivity index (χ1n) is 9.13. The maximum absolute atomic E-state index is 13.2. The molecule has 0 aliphatic rings. The number of nitrogens with zero attached hydrogens (tertiary/aromatic N) is 1. The second kappa shape index (κ2) is 10.6. The highest BCUT2D eigenvalue weighted by atomic mass is 32.1. The number of ether oxygens (including phenoxy) is 3. The van der Waals surface area contributed by atoms with Gasteiger partial charge < -0.3 is 19.1 Å². The number of hydrogen-bond donors (Lipinski definition) is 0. The lowest BCUT2D eigenvalue weighted by atomic mass is 10.1. The van der Waals surface area contributed by atoms with Gasteiger partial charge in [0, 0.05) is 17.0 Å². The number of hydrogen-bond acceptors (Lipinski definition) is 5. The van der Waals surface area contributed by atoms with Crippen LogP contribution in [-0.2, 0) is 6.54 Å². The SMILES string of the molecule is C=CCN(Cc1cccs1)C(=O)c1cc(OCC)c(OCC)c(OCC)c1. The van der Waals surface area contributed by atoms with E-state index in [4.69, 9.17) is 14.2 Å². The van der Waals surface area contributed by atoms with Gasteiger partial charge in [0.05, 0.1) is 26.4 Å². The summed E-state index contributed by atoms with van der Waals surface area (Å²) in [7, 11) is 0. The molecule has 0 N–H and O–H groups in total. The van der Waals surface area contributed by atoms with E-state index in [1.807, 2.05) is 38.3 Å². The molecule has 0 aliphatic heterocycles. The Bertz CT molecular complexity index is 716. The molecule has 146 valence electrons. The molecule has 0 bridgehead atoms. The number of carbonyl (C=O) groups is 1. The predicted octanol–water partition coefficient (Wildman–Crippen LogP) is 4.77. The molecule has 27 heavy (non-hydrogen) atoms. The van der Waals surface area contributed by atoms with Gasteiger partial charge in [-0.25, -0.2) is 0 Å². The van der Waals surface area contributed by atoms with Crippen LogP contribution in [-0.4, -0.2) is 37.2 Å². The third-order valence-corrected chi connectivity index (χ3v) is 4.58. The van der Waals surface area contributed by atoms with Crippen molar-refractivity contribution in [1.82, 2.24) is 4.90 Å². The van der Waals surface area contributed by atoms with Crippen LogP contribution < -0.4 is 14.2 Å². The summed E-state index contributed by atoms with van der Waals surface area (Å²) in [6.07, 6.45) is 1.73. The monoisotopic (exact) mass is 389 g/mol. The summed E-state index contributed by atoms with van der Waals surface area (Å²) < 4.78 is 17.2. The van der Waals surface area contributed by atoms with Crippen LogP contribution in [0.2, 0.25) is 0 Å². The highest BCUT2D eigenvalue weighted by Crippen LogP contribution is 2.39. The van der Waals surface area contributed by atoms with Crippen molar-refractivity contribution in [2.24, 2.45) is 0 Å². The van der Waals surface area contributed by atoms with Crippen molar-refractivity contribution >= 4 is 17.2 Å². The van der Waals surface area contributed by atoms with Crippen molar-refractivity contribution in [3.63, 3.8) is 0 Å². The summed E-state index contributed by atoms with van der Waals surface area (Å²) in [6.45, 7) is 11.9. The molecule has 0 fully saturated rings. The lowest BCUT2D eigenvalue weighted by Gasteiger charge is -2.22. The molecule has 0 unspecified atom stereocenters. The van der Waals surface area contributed by atoms with Crippen molar-refractivity contribution in [3.8, 4) is 17.2 Å². The van der Waals surface area contributed by atoms with E-state index in [9.17, 15) is 4.79 Å². The molecule has 0 saturated carbocycles. The normalized spacial score (nSPS) is 10.3. The first kappa shape index (κ1) is 20.8. The maximum atomic E-state index is 13.2. The molecule has 1 aromatic heterocycles. The Morgan fingerprint density at radius 3 is 2.22 bits per heavy atom. The van der Waals surface area contributed by atoms with Crippen LogP contribution in [0.25, 0.3) is 0 Å². The van der Waals surface area contributed by atoms with Crippen molar-refractivity contribution in [3.05, 3.63) is 52.7 Å². The van der Waals surface area contributed by atoms with Gasteiger partial charge in [0.15, 0.2) is 11.5 Å². The molecule has 0 atom stereocenters. The zero-order valence-electron chi connectivity index (χ0n) is 16.2. The van der Waals surface area contributed by atoms with Crippen molar-refractivity contribution in [2.45, 2.75) is 27.3 Å². The molecule has 1 amide bonds. The maximum Gasteiger partial charge on any atom is 0.254 e. The molecule has 0 spiro atoms. The van der Waals surface area contributed by atoms with Gasteiger partial charge in [0.2, 0.25) is 5.75 Å². The summed E-state index contributed by atoms with van der Waals surface area (Å²) in [4.78, 5) is 16.0. The smallest absolute Gasteiger partial charge is 0.254 e. The predicted molar refractivity (Wildman–Crippen MR) is 109 cm³/mol. The largest absolute Gasteiger partial charge is 0.490 e. The number of benzene rings is 1. The standard InChI is InChI=1S/C21H27NO4S/c1-5-11-22(15-17-10-9-12-27-17)21(23)16-13-18(24-6-2)20(26-8-4)19(14-16)25-7-3/h5,9-10,12-14H,1,6-8,11,15H2,2-4H3. The van der Waals surface area contributed by atoms with Crippen LogP contribution >= 0.6 is 11.3 Å². The van der Waals surface area contributed by atoms with E-state index in [1.165, 1.54) is 0 Å². The van der Waals surface area contributed by atoms with Crippen LogP contribution in [0.4, 0.5) is 0 Å². The molecule has 0 aliphatic carbocycles. The molecular formula is C21H27NO4S. The van der Waals surface area contributed by atoms with Crippen molar-refractivity contribution in [2.75, 3.05) is 26.4 Å². The molecule has 5 nitrogen and oxygen atoms in total. The third kappa shape index (κ3) is 5.50. The number of rotatable bonds is 11. The van der Waals surface area contributed by atoms with E-state index >= 15 is 0 Å². The van der Waals surface area contributed by atoms with Gasteiger partial charge in [0.25, 0.3) is 5.91 Å². The van der Waals surface area contributed by atoms with Gasteiger partial charge in [0.1, 0.15) is 0 Å². The summed E-state index contributed by atoms with van der Waals surface area (Å²) in [5.74, 6) is 1.46. The van der Waals surface area contributed by atoms with Crippen molar-refractivity contribution in [1.29, 1.82) is 0 Å². The third-order valence-electron chi connectivity index (χ3n) is 3.72. The van der Waals surface area contributed by atoms with Gasteiger partial charge in [-0.3, -0.25) is 4.79 Å². The average molecular weight is 390 g/mol. The van der Waals surface area contributed by atoms with E-state index in [0.29, 0.717) is 55.7 Å². The molecule has 1 aromatic carbocycles. The molecule has 0 radical (unpaired) electrons. The van der Waals surface area contributed by atoms with Crippen LogP contribution in [0.1, 0.15) is 36.0 Å². The Morgan fingerprint density at radius 1 is 1.11 bits per heavy atom. The van der Waals surface area contributed by atoms with Gasteiger partial charge in [-0.1, -0.05) is 12.1 Å². The molecule has 6 heteroatoms. The quantitative estimate of drug-likeness (QED) is 0.519. The van der Waals surface area contributed by atoms with Gasteiger partial charge in [-0.2, -0.15) is 0 Å². The average Bonchev–Trinajstić information content (AvgIpc) is 3.17. The van der Waals surface area contributed by atoms with Crippen LogP contribution in [0, 0.1) is 0 Å². The highest BCUT2D eigenvalue weighted by molar-refractivity contribution is 7.09. The summed E-state index contributed by atoms with van der Waals surface area (Å²) in [5.41, 5.74) is 0.503. The van der Waals surface area contributed by atoms with Crippen LogP contribution in [0.5, 0.6) is 17.2 Å². The first-order valence-corrected chi connectivity index (χ1v) is 10.0. The van der Waals surface area contributed by atoms with Crippen LogP contribution in [0.15, 0.2) is 42.3 Å². The fourth-order valence-electron chi connectivity index (χ4n) is 2.66.